The van der Waals surface area contributed by atoms with Crippen LogP contribution in [0.5, 0.6) is 11.5 Å². The molecule has 1 N–H and O–H groups in total. The molecule has 2 saturated heterocycles. The fourth-order valence-corrected chi connectivity index (χ4v) is 7.63. The fraction of sp³-hybridized carbons (Fsp3) is 0.372. The maximum atomic E-state index is 13.4. The summed E-state index contributed by atoms with van der Waals surface area (Å²) in [6.07, 6.45) is 4.49. The molecule has 0 atom stereocenters. The van der Waals surface area contributed by atoms with Crippen LogP contribution in [0.4, 0.5) is 23.4 Å². The Hall–Kier alpha value is -5.83. The van der Waals surface area contributed by atoms with E-state index in [-0.39, 0.29) is 12.5 Å². The van der Waals surface area contributed by atoms with Gasteiger partial charge in [-0.05, 0) is 66.1 Å². The minimum atomic E-state index is 0.0289. The van der Waals surface area contributed by atoms with Gasteiger partial charge in [-0.2, -0.15) is 4.98 Å². The molecule has 296 valence electrons. The van der Waals surface area contributed by atoms with Crippen LogP contribution in [0.1, 0.15) is 27.0 Å². The lowest BCUT2D eigenvalue weighted by molar-refractivity contribution is 0.0615. The summed E-state index contributed by atoms with van der Waals surface area (Å²) in [5, 5.41) is 9.28. The summed E-state index contributed by atoms with van der Waals surface area (Å²) in [4.78, 5) is 44.2. The monoisotopic (exact) mass is 771 g/mol. The number of β-amino-alcohol motifs (C(OH)–C–C–N with tert-alkyl or cyclic N) is 1. The summed E-state index contributed by atoms with van der Waals surface area (Å²) in [6.45, 7) is 8.14. The number of fused-ring (bicyclic) bond motifs is 1. The molecule has 1 amide bonds. The van der Waals surface area contributed by atoms with E-state index in [4.69, 9.17) is 34.1 Å². The smallest absolute Gasteiger partial charge is 0.253 e. The standard InChI is InChI=1S/C43H49N9O5/c1-55-36-11-3-31(4-12-36)29-51(30-32-5-13-37(56-2)14-6-32)42-44-27-34(28-45-42)39-38-15-16-52(40(38)47-43(46-39)50-22-25-57-26-23-50)35-9-7-33(8-10-35)41(54)49-19-17-48(18-20-49)21-24-53/h3-14,27-28,53H,15-26,29-30H2,1-2H3. The Morgan fingerprint density at radius 2 is 1.39 bits per heavy atom. The molecular weight excluding hydrogens is 723 g/mol. The molecule has 5 heterocycles. The lowest BCUT2D eigenvalue weighted by Gasteiger charge is -2.34. The lowest BCUT2D eigenvalue weighted by atomic mass is 10.1. The number of carbonyl (C=O) groups excluding carboxylic acids is 1. The Morgan fingerprint density at radius 3 is 1.96 bits per heavy atom. The number of aromatic nitrogens is 4. The van der Waals surface area contributed by atoms with E-state index in [0.29, 0.717) is 76.5 Å². The first kappa shape index (κ1) is 38.1. The maximum Gasteiger partial charge on any atom is 0.253 e. The number of amides is 1. The highest BCUT2D eigenvalue weighted by molar-refractivity contribution is 5.95. The molecule has 8 rings (SSSR count). The van der Waals surface area contributed by atoms with E-state index in [1.807, 2.05) is 65.8 Å². The van der Waals surface area contributed by atoms with Gasteiger partial charge in [0.25, 0.3) is 5.91 Å². The zero-order valence-electron chi connectivity index (χ0n) is 32.6. The van der Waals surface area contributed by atoms with Gasteiger partial charge in [-0.1, -0.05) is 24.3 Å². The second-order valence-electron chi connectivity index (χ2n) is 14.4. The number of hydrogen-bond donors (Lipinski definition) is 1. The molecule has 14 nitrogen and oxygen atoms in total. The number of hydrogen-bond acceptors (Lipinski definition) is 13. The van der Waals surface area contributed by atoms with Gasteiger partial charge in [0.15, 0.2) is 0 Å². The molecule has 5 aromatic rings. The topological polar surface area (TPSA) is 133 Å². The summed E-state index contributed by atoms with van der Waals surface area (Å²) in [6, 6.07) is 24.0. The van der Waals surface area contributed by atoms with Crippen molar-refractivity contribution in [1.29, 1.82) is 0 Å². The molecule has 2 aromatic heterocycles. The maximum absolute atomic E-state index is 13.4. The van der Waals surface area contributed by atoms with Crippen LogP contribution < -0.4 is 24.2 Å². The number of ether oxygens (including phenoxy) is 3. The minimum absolute atomic E-state index is 0.0289. The summed E-state index contributed by atoms with van der Waals surface area (Å²) in [5.41, 5.74) is 6.52. The highest BCUT2D eigenvalue weighted by Gasteiger charge is 2.30. The van der Waals surface area contributed by atoms with Crippen molar-refractivity contribution in [2.45, 2.75) is 19.5 Å². The van der Waals surface area contributed by atoms with E-state index < -0.39 is 0 Å². The molecule has 0 radical (unpaired) electrons. The van der Waals surface area contributed by atoms with Gasteiger partial charge in [0.2, 0.25) is 11.9 Å². The molecule has 0 aliphatic carbocycles. The van der Waals surface area contributed by atoms with Crippen LogP contribution in [0.25, 0.3) is 11.3 Å². The number of nitrogens with zero attached hydrogens (tertiary/aromatic N) is 9. The number of aliphatic hydroxyl groups excluding tert-OH is 1. The van der Waals surface area contributed by atoms with Gasteiger partial charge in [0.05, 0.1) is 39.7 Å². The number of morpholine rings is 1. The van der Waals surface area contributed by atoms with Crippen molar-refractivity contribution < 1.29 is 24.1 Å². The van der Waals surface area contributed by atoms with E-state index in [2.05, 4.69) is 43.9 Å². The number of benzene rings is 3. The molecule has 3 aromatic carbocycles. The molecule has 57 heavy (non-hydrogen) atoms. The number of rotatable bonds is 13. The number of methoxy groups -OCH3 is 2. The number of aliphatic hydroxyl groups is 1. The normalized spacial score (nSPS) is 15.7. The number of anilines is 4. The van der Waals surface area contributed by atoms with E-state index in [9.17, 15) is 9.90 Å². The van der Waals surface area contributed by atoms with E-state index in [0.717, 1.165) is 77.0 Å². The first-order valence-electron chi connectivity index (χ1n) is 19.6. The Bertz CT molecular complexity index is 2050. The van der Waals surface area contributed by atoms with Crippen LogP contribution in [-0.4, -0.2) is 127 Å². The second kappa shape index (κ2) is 17.5. The summed E-state index contributed by atoms with van der Waals surface area (Å²) in [7, 11) is 3.34. The lowest BCUT2D eigenvalue weighted by Crippen LogP contribution is -2.49. The first-order valence-corrected chi connectivity index (χ1v) is 19.6. The van der Waals surface area contributed by atoms with Crippen LogP contribution in [0.2, 0.25) is 0 Å². The third-order valence-corrected chi connectivity index (χ3v) is 10.9. The van der Waals surface area contributed by atoms with Crippen molar-refractivity contribution in [3.8, 4) is 22.8 Å². The predicted molar refractivity (Wildman–Crippen MR) is 219 cm³/mol. The first-order chi connectivity index (χ1) is 28.0. The van der Waals surface area contributed by atoms with Crippen molar-refractivity contribution in [3.63, 3.8) is 0 Å². The van der Waals surface area contributed by atoms with Crippen molar-refractivity contribution in [2.75, 3.05) is 101 Å². The van der Waals surface area contributed by atoms with E-state index >= 15 is 0 Å². The van der Waals surface area contributed by atoms with Gasteiger partial charge in [0, 0.05) is 100 Å². The molecule has 14 heteroatoms. The zero-order valence-corrected chi connectivity index (χ0v) is 32.6. The number of piperazine rings is 1. The summed E-state index contributed by atoms with van der Waals surface area (Å²) < 4.78 is 16.4. The Morgan fingerprint density at radius 1 is 0.772 bits per heavy atom. The fourth-order valence-electron chi connectivity index (χ4n) is 7.63. The van der Waals surface area contributed by atoms with Crippen molar-refractivity contribution >= 4 is 29.3 Å². The second-order valence-corrected chi connectivity index (χ2v) is 14.4. The van der Waals surface area contributed by atoms with Gasteiger partial charge in [-0.15, -0.1) is 0 Å². The van der Waals surface area contributed by atoms with Gasteiger partial charge in [-0.25, -0.2) is 15.0 Å². The van der Waals surface area contributed by atoms with Crippen LogP contribution >= 0.6 is 0 Å². The third kappa shape index (κ3) is 8.63. The SMILES string of the molecule is COc1ccc(CN(Cc2ccc(OC)cc2)c2ncc(-c3nc(N4CCOCC4)nc4c3CCN4c3ccc(C(=O)N4CCN(CCO)CC4)cc3)cn2)cc1. The Balaban J connectivity index is 1.07. The van der Waals surface area contributed by atoms with Gasteiger partial charge in [0.1, 0.15) is 17.3 Å². The quantitative estimate of drug-likeness (QED) is 0.181. The van der Waals surface area contributed by atoms with Crippen LogP contribution in [0.15, 0.2) is 85.2 Å². The Labute approximate surface area is 333 Å². The molecule has 0 spiro atoms. The van der Waals surface area contributed by atoms with Crippen LogP contribution in [0, 0.1) is 0 Å². The summed E-state index contributed by atoms with van der Waals surface area (Å²) >= 11 is 0. The average Bonchev–Trinajstić information content (AvgIpc) is 3.71. The summed E-state index contributed by atoms with van der Waals surface area (Å²) in [5.74, 6) is 3.75. The van der Waals surface area contributed by atoms with Crippen LogP contribution in [0.3, 0.4) is 0 Å². The molecule has 2 fully saturated rings. The highest BCUT2D eigenvalue weighted by atomic mass is 16.5. The van der Waals surface area contributed by atoms with Crippen molar-refractivity contribution in [1.82, 2.24) is 29.7 Å². The van der Waals surface area contributed by atoms with Gasteiger partial charge >= 0.3 is 0 Å². The van der Waals surface area contributed by atoms with E-state index in [1.54, 1.807) is 14.2 Å². The average molecular weight is 772 g/mol. The zero-order chi connectivity index (χ0) is 39.1. The van der Waals surface area contributed by atoms with Crippen LogP contribution in [-0.2, 0) is 24.2 Å². The third-order valence-electron chi connectivity index (χ3n) is 10.9. The highest BCUT2D eigenvalue weighted by Crippen LogP contribution is 2.39. The van der Waals surface area contributed by atoms with E-state index in [1.165, 1.54) is 0 Å². The van der Waals surface area contributed by atoms with Gasteiger partial charge in [-0.3, -0.25) is 9.69 Å². The Kier molecular flexibility index (Phi) is 11.7. The number of carbonyl (C=O) groups is 1. The van der Waals surface area contributed by atoms with Crippen molar-refractivity contribution in [2.24, 2.45) is 0 Å². The van der Waals surface area contributed by atoms with Crippen molar-refractivity contribution in [3.05, 3.63) is 107 Å². The molecule has 3 aliphatic rings. The largest absolute Gasteiger partial charge is 0.497 e. The van der Waals surface area contributed by atoms with Gasteiger partial charge < -0.3 is 38.9 Å². The molecule has 0 bridgehead atoms. The molecule has 3 aliphatic heterocycles. The molecule has 0 saturated carbocycles. The predicted octanol–water partition coefficient (Wildman–Crippen LogP) is 4.44. The minimum Gasteiger partial charge on any atom is -0.497 e. The molecule has 0 unspecified atom stereocenters. The molecular formula is C43H49N9O5.